The summed E-state index contributed by atoms with van der Waals surface area (Å²) in [5, 5.41) is 4.42. The van der Waals surface area contributed by atoms with Gasteiger partial charge in [-0.25, -0.2) is 0 Å². The van der Waals surface area contributed by atoms with Crippen molar-refractivity contribution in [3.05, 3.63) is 18.0 Å². The van der Waals surface area contributed by atoms with Crippen molar-refractivity contribution in [2.24, 2.45) is 5.73 Å². The SMILES string of the molecule is CC(C)n1cc(C(CN)N(C)C2CCSC2)cn1. The molecule has 1 saturated heterocycles. The van der Waals surface area contributed by atoms with Crippen molar-refractivity contribution in [1.29, 1.82) is 0 Å². The van der Waals surface area contributed by atoms with Crippen molar-refractivity contribution in [1.82, 2.24) is 14.7 Å². The van der Waals surface area contributed by atoms with Crippen molar-refractivity contribution in [2.45, 2.75) is 38.4 Å². The number of hydrogen-bond acceptors (Lipinski definition) is 4. The Morgan fingerprint density at radius 1 is 1.61 bits per heavy atom. The molecule has 1 aliphatic heterocycles. The van der Waals surface area contributed by atoms with Crippen LogP contribution in [0.2, 0.25) is 0 Å². The number of hydrogen-bond donors (Lipinski definition) is 1. The smallest absolute Gasteiger partial charge is 0.0538 e. The summed E-state index contributed by atoms with van der Waals surface area (Å²) in [6.07, 6.45) is 5.38. The molecule has 1 fully saturated rings. The lowest BCUT2D eigenvalue weighted by atomic mass is 10.1. The molecule has 0 spiro atoms. The minimum atomic E-state index is 0.293. The van der Waals surface area contributed by atoms with Crippen LogP contribution in [0.5, 0.6) is 0 Å². The minimum Gasteiger partial charge on any atom is -0.329 e. The maximum absolute atomic E-state index is 5.97. The van der Waals surface area contributed by atoms with Gasteiger partial charge in [-0.2, -0.15) is 16.9 Å². The van der Waals surface area contributed by atoms with Crippen molar-refractivity contribution in [2.75, 3.05) is 25.1 Å². The van der Waals surface area contributed by atoms with Crippen LogP contribution in [-0.2, 0) is 0 Å². The summed E-state index contributed by atoms with van der Waals surface area (Å²) in [5.41, 5.74) is 7.21. The van der Waals surface area contributed by atoms with Gasteiger partial charge in [-0.05, 0) is 33.1 Å². The zero-order valence-electron chi connectivity index (χ0n) is 11.5. The Balaban J connectivity index is 2.10. The van der Waals surface area contributed by atoms with Gasteiger partial charge in [0.25, 0.3) is 0 Å². The zero-order chi connectivity index (χ0) is 13.1. The zero-order valence-corrected chi connectivity index (χ0v) is 12.4. The van der Waals surface area contributed by atoms with Crippen molar-refractivity contribution in [3.63, 3.8) is 0 Å². The molecule has 2 unspecified atom stereocenters. The average molecular weight is 268 g/mol. The Bertz CT molecular complexity index is 371. The van der Waals surface area contributed by atoms with E-state index in [1.807, 2.05) is 22.6 Å². The molecule has 2 N–H and O–H groups in total. The van der Waals surface area contributed by atoms with E-state index in [1.54, 1.807) is 0 Å². The molecule has 0 saturated carbocycles. The third kappa shape index (κ3) is 2.90. The summed E-state index contributed by atoms with van der Waals surface area (Å²) < 4.78 is 2.01. The summed E-state index contributed by atoms with van der Waals surface area (Å²) in [6.45, 7) is 4.94. The lowest BCUT2D eigenvalue weighted by molar-refractivity contribution is 0.192. The number of thioether (sulfide) groups is 1. The molecule has 18 heavy (non-hydrogen) atoms. The first-order valence-corrected chi connectivity index (χ1v) is 7.82. The maximum Gasteiger partial charge on any atom is 0.0538 e. The molecule has 1 aromatic rings. The van der Waals surface area contributed by atoms with Crippen molar-refractivity contribution in [3.8, 4) is 0 Å². The fourth-order valence-corrected chi connectivity index (χ4v) is 3.72. The van der Waals surface area contributed by atoms with E-state index in [4.69, 9.17) is 5.73 Å². The summed E-state index contributed by atoms with van der Waals surface area (Å²) in [6, 6.07) is 1.36. The summed E-state index contributed by atoms with van der Waals surface area (Å²) >= 11 is 2.04. The van der Waals surface area contributed by atoms with Crippen LogP contribution in [0, 0.1) is 0 Å². The monoisotopic (exact) mass is 268 g/mol. The Hall–Kier alpha value is -0.520. The third-order valence-electron chi connectivity index (χ3n) is 3.73. The first kappa shape index (κ1) is 13.9. The summed E-state index contributed by atoms with van der Waals surface area (Å²) in [5.74, 6) is 2.50. The van der Waals surface area contributed by atoms with E-state index in [-0.39, 0.29) is 0 Å². The predicted molar refractivity (Wildman–Crippen MR) is 77.9 cm³/mol. The third-order valence-corrected chi connectivity index (χ3v) is 4.88. The first-order chi connectivity index (χ1) is 8.63. The van der Waals surface area contributed by atoms with Gasteiger partial charge in [-0.15, -0.1) is 0 Å². The predicted octanol–water partition coefficient (Wildman–Crippen LogP) is 1.90. The van der Waals surface area contributed by atoms with Crippen LogP contribution in [0.3, 0.4) is 0 Å². The van der Waals surface area contributed by atoms with E-state index in [1.165, 1.54) is 23.5 Å². The summed E-state index contributed by atoms with van der Waals surface area (Å²) in [4.78, 5) is 2.43. The lowest BCUT2D eigenvalue weighted by Gasteiger charge is -2.31. The van der Waals surface area contributed by atoms with Crippen LogP contribution in [0.4, 0.5) is 0 Å². The second kappa shape index (κ2) is 6.08. The van der Waals surface area contributed by atoms with Crippen molar-refractivity contribution < 1.29 is 0 Å². The second-order valence-electron chi connectivity index (χ2n) is 5.28. The minimum absolute atomic E-state index is 0.293. The highest BCUT2D eigenvalue weighted by Gasteiger charge is 2.27. The number of nitrogens with zero attached hydrogens (tertiary/aromatic N) is 3. The fourth-order valence-electron chi connectivity index (χ4n) is 2.44. The van der Waals surface area contributed by atoms with Crippen LogP contribution in [0.25, 0.3) is 0 Å². The Morgan fingerprint density at radius 2 is 2.39 bits per heavy atom. The van der Waals surface area contributed by atoms with E-state index in [0.29, 0.717) is 24.7 Å². The molecule has 2 heterocycles. The molecule has 2 rings (SSSR count). The Morgan fingerprint density at radius 3 is 2.89 bits per heavy atom. The van der Waals surface area contributed by atoms with Gasteiger partial charge in [0.05, 0.1) is 12.2 Å². The van der Waals surface area contributed by atoms with Gasteiger partial charge in [0.1, 0.15) is 0 Å². The highest BCUT2D eigenvalue weighted by molar-refractivity contribution is 7.99. The largest absolute Gasteiger partial charge is 0.329 e. The second-order valence-corrected chi connectivity index (χ2v) is 6.43. The van der Waals surface area contributed by atoms with E-state index in [2.05, 4.69) is 37.1 Å². The van der Waals surface area contributed by atoms with Crippen LogP contribution in [-0.4, -0.2) is 45.8 Å². The normalized spacial score (nSPS) is 22.0. The van der Waals surface area contributed by atoms with Crippen LogP contribution < -0.4 is 5.73 Å². The van der Waals surface area contributed by atoms with Crippen LogP contribution >= 0.6 is 11.8 Å². The molecule has 0 aliphatic carbocycles. The lowest BCUT2D eigenvalue weighted by Crippen LogP contribution is -2.38. The van der Waals surface area contributed by atoms with Gasteiger partial charge in [0.15, 0.2) is 0 Å². The maximum atomic E-state index is 5.97. The van der Waals surface area contributed by atoms with Gasteiger partial charge in [-0.1, -0.05) is 0 Å². The van der Waals surface area contributed by atoms with Crippen LogP contribution in [0.15, 0.2) is 12.4 Å². The molecule has 5 heteroatoms. The topological polar surface area (TPSA) is 47.1 Å². The molecule has 0 aromatic carbocycles. The summed E-state index contributed by atoms with van der Waals surface area (Å²) in [7, 11) is 2.20. The quantitative estimate of drug-likeness (QED) is 0.886. The van der Waals surface area contributed by atoms with Gasteiger partial charge < -0.3 is 5.73 Å². The molecule has 1 aliphatic rings. The van der Waals surface area contributed by atoms with Gasteiger partial charge >= 0.3 is 0 Å². The molecule has 0 bridgehead atoms. The molecule has 1 aromatic heterocycles. The fraction of sp³-hybridized carbons (Fsp3) is 0.769. The van der Waals surface area contributed by atoms with E-state index < -0.39 is 0 Å². The average Bonchev–Trinajstić information content (AvgIpc) is 3.01. The Labute approximate surface area is 114 Å². The molecule has 0 radical (unpaired) electrons. The number of rotatable bonds is 5. The van der Waals surface area contributed by atoms with Crippen LogP contribution in [0.1, 0.15) is 37.9 Å². The molecular weight excluding hydrogens is 244 g/mol. The van der Waals surface area contributed by atoms with E-state index in [0.717, 1.165) is 0 Å². The Kier molecular flexibility index (Phi) is 4.70. The van der Waals surface area contributed by atoms with Gasteiger partial charge in [0.2, 0.25) is 0 Å². The highest BCUT2D eigenvalue weighted by Crippen LogP contribution is 2.28. The van der Waals surface area contributed by atoms with Gasteiger partial charge in [-0.3, -0.25) is 9.58 Å². The number of nitrogens with two attached hydrogens (primary N) is 1. The van der Waals surface area contributed by atoms with E-state index in [9.17, 15) is 0 Å². The number of likely N-dealkylation sites (N-methyl/N-ethyl adjacent to an activating group) is 1. The first-order valence-electron chi connectivity index (χ1n) is 6.67. The standard InChI is InChI=1S/C13H24N4S/c1-10(2)17-8-11(7-15-17)13(6-14)16(3)12-4-5-18-9-12/h7-8,10,12-13H,4-6,9,14H2,1-3H3. The molecular formula is C13H24N4S. The molecule has 4 nitrogen and oxygen atoms in total. The van der Waals surface area contributed by atoms with Crippen molar-refractivity contribution >= 4 is 11.8 Å². The van der Waals surface area contributed by atoms with Gasteiger partial charge in [0, 0.05) is 36.1 Å². The molecule has 102 valence electrons. The molecule has 2 atom stereocenters. The van der Waals surface area contributed by atoms with E-state index >= 15 is 0 Å². The number of aromatic nitrogens is 2. The highest BCUT2D eigenvalue weighted by atomic mass is 32.2. The molecule has 0 amide bonds.